The molecule has 4 heteroatoms. The van der Waals surface area contributed by atoms with Gasteiger partial charge in [0.25, 0.3) is 5.91 Å². The maximum Gasteiger partial charge on any atom is 0.254 e. The molecular weight excluding hydrogens is 334 g/mol. The minimum Gasteiger partial charge on any atom is -0.336 e. The number of nitrogens with zero attached hydrogens (tertiary/aromatic N) is 3. The highest BCUT2D eigenvalue weighted by molar-refractivity contribution is 6.07. The fraction of sp³-hybridized carbons (Fsp3) is 0.217. The third kappa shape index (κ3) is 3.69. The summed E-state index contributed by atoms with van der Waals surface area (Å²) in [7, 11) is 0. The van der Waals surface area contributed by atoms with Crippen molar-refractivity contribution in [2.45, 2.75) is 6.54 Å². The Bertz CT molecular complexity index is 991. The molecule has 1 aliphatic rings. The van der Waals surface area contributed by atoms with E-state index < -0.39 is 0 Å². The minimum atomic E-state index is 0.116. The Labute approximate surface area is 159 Å². The van der Waals surface area contributed by atoms with Crippen LogP contribution >= 0.6 is 0 Å². The van der Waals surface area contributed by atoms with E-state index in [1.165, 1.54) is 5.56 Å². The quantitative estimate of drug-likeness (QED) is 0.720. The molecule has 1 amide bonds. The van der Waals surface area contributed by atoms with Gasteiger partial charge in [-0.15, -0.1) is 0 Å². The molecule has 0 spiro atoms. The van der Waals surface area contributed by atoms with Gasteiger partial charge in [-0.3, -0.25) is 9.69 Å². The van der Waals surface area contributed by atoms with Crippen molar-refractivity contribution < 1.29 is 4.79 Å². The first-order valence-corrected chi connectivity index (χ1v) is 9.23. The second kappa shape index (κ2) is 7.61. The highest BCUT2D eigenvalue weighted by atomic mass is 16.2. The minimum absolute atomic E-state index is 0.116. The van der Waals surface area contributed by atoms with Gasteiger partial charge in [0.15, 0.2) is 0 Å². The summed E-state index contributed by atoms with van der Waals surface area (Å²) in [5.41, 5.74) is 2.67. The van der Waals surface area contributed by atoms with Gasteiger partial charge in [-0.05, 0) is 34.5 Å². The Morgan fingerprint density at radius 2 is 1.59 bits per heavy atom. The number of rotatable bonds is 3. The summed E-state index contributed by atoms with van der Waals surface area (Å²) in [6.07, 6.45) is 0. The van der Waals surface area contributed by atoms with Gasteiger partial charge in [-0.2, -0.15) is 5.26 Å². The monoisotopic (exact) mass is 355 g/mol. The van der Waals surface area contributed by atoms with E-state index in [0.29, 0.717) is 5.56 Å². The van der Waals surface area contributed by atoms with Crippen LogP contribution in [0, 0.1) is 11.3 Å². The molecule has 3 aromatic carbocycles. The van der Waals surface area contributed by atoms with Gasteiger partial charge in [0, 0.05) is 38.3 Å². The summed E-state index contributed by atoms with van der Waals surface area (Å²) in [6.45, 7) is 4.03. The summed E-state index contributed by atoms with van der Waals surface area (Å²) >= 11 is 0. The van der Waals surface area contributed by atoms with Crippen molar-refractivity contribution in [3.8, 4) is 6.07 Å². The first kappa shape index (κ1) is 17.3. The molecule has 1 aliphatic heterocycles. The van der Waals surface area contributed by atoms with Gasteiger partial charge in [0.2, 0.25) is 0 Å². The van der Waals surface area contributed by atoms with E-state index in [1.54, 1.807) is 0 Å². The predicted octanol–water partition coefficient (Wildman–Crippen LogP) is 3.67. The van der Waals surface area contributed by atoms with Gasteiger partial charge >= 0.3 is 0 Å². The average Bonchev–Trinajstić information content (AvgIpc) is 2.74. The lowest BCUT2D eigenvalue weighted by Crippen LogP contribution is -2.48. The molecule has 1 heterocycles. The topological polar surface area (TPSA) is 47.3 Å². The lowest BCUT2D eigenvalue weighted by atomic mass is 10.0. The molecule has 0 bridgehead atoms. The normalized spacial score (nSPS) is 14.9. The number of amides is 1. The van der Waals surface area contributed by atoms with Crippen LogP contribution in [0.3, 0.4) is 0 Å². The van der Waals surface area contributed by atoms with Crippen molar-refractivity contribution in [1.29, 1.82) is 5.26 Å². The molecule has 0 unspecified atom stereocenters. The van der Waals surface area contributed by atoms with E-state index in [1.807, 2.05) is 71.6 Å². The largest absolute Gasteiger partial charge is 0.336 e. The number of hydrogen-bond acceptors (Lipinski definition) is 3. The molecule has 134 valence electrons. The van der Waals surface area contributed by atoms with Crippen LogP contribution in [0.5, 0.6) is 0 Å². The molecule has 3 aromatic rings. The Hall–Kier alpha value is -3.16. The van der Waals surface area contributed by atoms with Crippen LogP contribution in [0.2, 0.25) is 0 Å². The number of piperazine rings is 1. The van der Waals surface area contributed by atoms with Crippen molar-refractivity contribution in [2.24, 2.45) is 0 Å². The number of benzene rings is 3. The highest BCUT2D eigenvalue weighted by Gasteiger charge is 2.23. The third-order valence-electron chi connectivity index (χ3n) is 5.17. The van der Waals surface area contributed by atoms with Crippen molar-refractivity contribution in [3.05, 3.63) is 83.4 Å². The van der Waals surface area contributed by atoms with Crippen molar-refractivity contribution in [1.82, 2.24) is 9.80 Å². The number of fused-ring (bicyclic) bond motifs is 1. The fourth-order valence-corrected chi connectivity index (χ4v) is 3.63. The Morgan fingerprint density at radius 3 is 2.33 bits per heavy atom. The second-order valence-corrected chi connectivity index (χ2v) is 6.90. The molecule has 0 saturated carbocycles. The summed E-state index contributed by atoms with van der Waals surface area (Å²) in [5.74, 6) is 0.116. The number of carbonyl (C=O) groups is 1. The van der Waals surface area contributed by atoms with Gasteiger partial charge in [0.05, 0.1) is 11.6 Å². The lowest BCUT2D eigenvalue weighted by molar-refractivity contribution is 0.0630. The highest BCUT2D eigenvalue weighted by Crippen LogP contribution is 2.21. The molecule has 1 fully saturated rings. The van der Waals surface area contributed by atoms with Crippen LogP contribution in [-0.4, -0.2) is 41.9 Å². The second-order valence-electron chi connectivity index (χ2n) is 6.90. The standard InChI is InChI=1S/C23H21N3O/c24-16-18-8-10-19(11-9-18)17-25-12-14-26(15-13-25)23(27)22-7-3-5-20-4-1-2-6-21(20)22/h1-11H,12-15,17H2. The molecule has 0 N–H and O–H groups in total. The number of hydrogen-bond donors (Lipinski definition) is 0. The molecule has 4 rings (SSSR count). The molecule has 27 heavy (non-hydrogen) atoms. The van der Waals surface area contributed by atoms with Crippen LogP contribution in [0.4, 0.5) is 0 Å². The Kier molecular flexibility index (Phi) is 4.86. The van der Waals surface area contributed by atoms with Gasteiger partial charge < -0.3 is 4.90 Å². The van der Waals surface area contributed by atoms with E-state index in [2.05, 4.69) is 11.0 Å². The SMILES string of the molecule is N#Cc1ccc(CN2CCN(C(=O)c3cccc4ccccc34)CC2)cc1. The molecule has 4 nitrogen and oxygen atoms in total. The van der Waals surface area contributed by atoms with E-state index >= 15 is 0 Å². The summed E-state index contributed by atoms with van der Waals surface area (Å²) in [6, 6.07) is 23.8. The smallest absolute Gasteiger partial charge is 0.254 e. The van der Waals surface area contributed by atoms with Crippen LogP contribution in [-0.2, 0) is 6.54 Å². The van der Waals surface area contributed by atoms with E-state index in [9.17, 15) is 4.79 Å². The first-order valence-electron chi connectivity index (χ1n) is 9.23. The Balaban J connectivity index is 1.41. The molecule has 0 radical (unpaired) electrons. The predicted molar refractivity (Wildman–Crippen MR) is 106 cm³/mol. The van der Waals surface area contributed by atoms with Crippen LogP contribution in [0.15, 0.2) is 66.7 Å². The molecule has 0 aliphatic carbocycles. The maximum atomic E-state index is 13.0. The van der Waals surface area contributed by atoms with E-state index in [4.69, 9.17) is 5.26 Å². The lowest BCUT2D eigenvalue weighted by Gasteiger charge is -2.35. The molecular formula is C23H21N3O. The molecule has 1 saturated heterocycles. The van der Waals surface area contributed by atoms with Crippen molar-refractivity contribution in [3.63, 3.8) is 0 Å². The zero-order valence-corrected chi connectivity index (χ0v) is 15.1. The zero-order chi connectivity index (χ0) is 18.6. The first-order chi connectivity index (χ1) is 13.2. The molecule has 0 atom stereocenters. The maximum absolute atomic E-state index is 13.0. The van der Waals surface area contributed by atoms with Crippen molar-refractivity contribution in [2.75, 3.05) is 26.2 Å². The molecule has 0 aromatic heterocycles. The van der Waals surface area contributed by atoms with Crippen LogP contribution in [0.1, 0.15) is 21.5 Å². The van der Waals surface area contributed by atoms with Crippen molar-refractivity contribution >= 4 is 16.7 Å². The third-order valence-corrected chi connectivity index (χ3v) is 5.17. The van der Waals surface area contributed by atoms with Gasteiger partial charge in [-0.1, -0.05) is 48.5 Å². The van der Waals surface area contributed by atoms with Crippen LogP contribution in [0.25, 0.3) is 10.8 Å². The summed E-state index contributed by atoms with van der Waals surface area (Å²) in [5, 5.41) is 11.0. The summed E-state index contributed by atoms with van der Waals surface area (Å²) in [4.78, 5) is 17.3. The number of nitriles is 1. The van der Waals surface area contributed by atoms with E-state index in [0.717, 1.165) is 49.1 Å². The van der Waals surface area contributed by atoms with Gasteiger partial charge in [-0.25, -0.2) is 0 Å². The fourth-order valence-electron chi connectivity index (χ4n) is 3.63. The number of carbonyl (C=O) groups excluding carboxylic acids is 1. The van der Waals surface area contributed by atoms with E-state index in [-0.39, 0.29) is 5.91 Å². The zero-order valence-electron chi connectivity index (χ0n) is 15.1. The average molecular weight is 355 g/mol. The Morgan fingerprint density at radius 1 is 0.889 bits per heavy atom. The van der Waals surface area contributed by atoms with Gasteiger partial charge in [0.1, 0.15) is 0 Å². The summed E-state index contributed by atoms with van der Waals surface area (Å²) < 4.78 is 0. The van der Waals surface area contributed by atoms with Crippen LogP contribution < -0.4 is 0 Å².